The van der Waals surface area contributed by atoms with Gasteiger partial charge in [0.15, 0.2) is 5.13 Å². The summed E-state index contributed by atoms with van der Waals surface area (Å²) in [6, 6.07) is 18.1. The Balaban J connectivity index is 1.64. The summed E-state index contributed by atoms with van der Waals surface area (Å²) < 4.78 is 0. The number of aromatic nitrogens is 1. The van der Waals surface area contributed by atoms with E-state index in [1.54, 1.807) is 11.3 Å². The van der Waals surface area contributed by atoms with Gasteiger partial charge >= 0.3 is 0 Å². The number of anilines is 3. The van der Waals surface area contributed by atoms with Crippen molar-refractivity contribution in [3.63, 3.8) is 0 Å². The number of para-hydroxylation sites is 1. The van der Waals surface area contributed by atoms with Crippen LogP contribution in [0.25, 0.3) is 11.3 Å². The van der Waals surface area contributed by atoms with Gasteiger partial charge in [-0.3, -0.25) is 4.79 Å². The van der Waals surface area contributed by atoms with Gasteiger partial charge < -0.3 is 10.2 Å². The fraction of sp³-hybridized carbons (Fsp3) is 0.273. The van der Waals surface area contributed by atoms with Crippen LogP contribution in [-0.2, 0) is 4.79 Å². The molecule has 0 fully saturated rings. The van der Waals surface area contributed by atoms with Crippen molar-refractivity contribution in [2.75, 3.05) is 17.3 Å². The second-order valence-corrected chi connectivity index (χ2v) is 7.33. The third-order valence-corrected chi connectivity index (χ3v) is 5.31. The van der Waals surface area contributed by atoms with Crippen LogP contribution in [0.5, 0.6) is 0 Å². The van der Waals surface area contributed by atoms with Crippen LogP contribution in [0, 0.1) is 0 Å². The molecule has 0 bridgehead atoms. The van der Waals surface area contributed by atoms with E-state index in [0.717, 1.165) is 47.0 Å². The molecular weight excluding hydrogens is 354 g/mol. The smallest absolute Gasteiger partial charge is 0.224 e. The molecule has 0 aliphatic carbocycles. The lowest BCUT2D eigenvalue weighted by Gasteiger charge is -2.15. The van der Waals surface area contributed by atoms with Crippen molar-refractivity contribution in [2.45, 2.75) is 32.6 Å². The number of benzene rings is 2. The highest BCUT2D eigenvalue weighted by atomic mass is 32.1. The molecule has 4 nitrogen and oxygen atoms in total. The van der Waals surface area contributed by atoms with Crippen LogP contribution >= 0.6 is 11.3 Å². The third kappa shape index (κ3) is 5.17. The topological polar surface area (TPSA) is 45.2 Å². The molecule has 0 spiro atoms. The number of nitrogens with zero attached hydrogens (tertiary/aromatic N) is 2. The molecule has 1 N–H and O–H groups in total. The minimum atomic E-state index is 0.0802. The Morgan fingerprint density at radius 1 is 1.07 bits per heavy atom. The molecule has 0 saturated heterocycles. The lowest BCUT2D eigenvalue weighted by molar-refractivity contribution is -0.116. The minimum absolute atomic E-state index is 0.0802. The molecule has 140 valence electrons. The molecule has 5 heteroatoms. The van der Waals surface area contributed by atoms with Gasteiger partial charge in [0, 0.05) is 35.8 Å². The van der Waals surface area contributed by atoms with Crippen molar-refractivity contribution in [2.24, 2.45) is 0 Å². The summed E-state index contributed by atoms with van der Waals surface area (Å²) in [6.07, 6.45) is 3.74. The molecule has 3 aromatic rings. The Hall–Kier alpha value is -2.66. The Bertz CT molecular complexity index is 859. The Labute approximate surface area is 164 Å². The van der Waals surface area contributed by atoms with E-state index in [-0.39, 0.29) is 5.91 Å². The normalized spacial score (nSPS) is 10.6. The standard InChI is InChI=1S/C22H25N3OS/c1-3-4-6-11-21(26)23-18-14-12-17(13-15-18)20-16-27-22(24-20)25(2)19-9-7-5-8-10-19/h5,7-10,12-16H,3-4,6,11H2,1-2H3,(H,23,26). The first-order chi connectivity index (χ1) is 13.2. The van der Waals surface area contributed by atoms with Gasteiger partial charge in [0.25, 0.3) is 0 Å². The van der Waals surface area contributed by atoms with E-state index in [1.807, 2.05) is 49.5 Å². The van der Waals surface area contributed by atoms with E-state index in [4.69, 9.17) is 4.98 Å². The van der Waals surface area contributed by atoms with Crippen LogP contribution < -0.4 is 10.2 Å². The molecule has 0 saturated carbocycles. The highest BCUT2D eigenvalue weighted by Gasteiger charge is 2.10. The van der Waals surface area contributed by atoms with E-state index in [2.05, 4.69) is 34.7 Å². The van der Waals surface area contributed by atoms with Gasteiger partial charge in [-0.05, 0) is 30.7 Å². The number of carbonyl (C=O) groups excluding carboxylic acids is 1. The lowest BCUT2D eigenvalue weighted by Crippen LogP contribution is -2.10. The number of rotatable bonds is 8. The average molecular weight is 380 g/mol. The Kier molecular flexibility index (Phi) is 6.60. The summed E-state index contributed by atoms with van der Waals surface area (Å²) in [7, 11) is 2.02. The number of thiazole rings is 1. The quantitative estimate of drug-likeness (QED) is 0.481. The predicted molar refractivity (Wildman–Crippen MR) is 115 cm³/mol. The van der Waals surface area contributed by atoms with Crippen molar-refractivity contribution >= 4 is 33.8 Å². The largest absolute Gasteiger partial charge is 0.326 e. The van der Waals surface area contributed by atoms with Crippen LogP contribution in [0.4, 0.5) is 16.5 Å². The van der Waals surface area contributed by atoms with Gasteiger partial charge in [-0.1, -0.05) is 50.1 Å². The average Bonchev–Trinajstić information content (AvgIpc) is 3.19. The fourth-order valence-corrected chi connectivity index (χ4v) is 3.62. The van der Waals surface area contributed by atoms with Gasteiger partial charge in [0.05, 0.1) is 5.69 Å². The van der Waals surface area contributed by atoms with Gasteiger partial charge in [0.1, 0.15) is 0 Å². The molecule has 3 rings (SSSR count). The maximum Gasteiger partial charge on any atom is 0.224 e. The molecule has 1 heterocycles. The van der Waals surface area contributed by atoms with Crippen LogP contribution in [0.15, 0.2) is 60.0 Å². The molecule has 0 aliphatic heterocycles. The maximum atomic E-state index is 11.9. The number of nitrogens with one attached hydrogen (secondary N) is 1. The van der Waals surface area contributed by atoms with Crippen LogP contribution in [-0.4, -0.2) is 17.9 Å². The van der Waals surface area contributed by atoms with Crippen molar-refractivity contribution in [1.82, 2.24) is 4.98 Å². The van der Waals surface area contributed by atoms with Crippen LogP contribution in [0.3, 0.4) is 0 Å². The lowest BCUT2D eigenvalue weighted by atomic mass is 10.1. The molecular formula is C22H25N3OS. The molecule has 27 heavy (non-hydrogen) atoms. The first-order valence-corrected chi connectivity index (χ1v) is 10.2. The monoisotopic (exact) mass is 379 g/mol. The number of amides is 1. The Morgan fingerprint density at radius 2 is 1.81 bits per heavy atom. The second kappa shape index (κ2) is 9.33. The SMILES string of the molecule is CCCCCC(=O)Nc1ccc(-c2csc(N(C)c3ccccc3)n2)cc1. The zero-order valence-corrected chi connectivity index (χ0v) is 16.6. The summed E-state index contributed by atoms with van der Waals surface area (Å²) in [5.41, 5.74) is 3.93. The zero-order valence-electron chi connectivity index (χ0n) is 15.8. The molecule has 0 unspecified atom stereocenters. The summed E-state index contributed by atoms with van der Waals surface area (Å²) >= 11 is 1.62. The molecule has 0 atom stereocenters. The van der Waals surface area contributed by atoms with Crippen LogP contribution in [0.1, 0.15) is 32.6 Å². The predicted octanol–water partition coefficient (Wildman–Crippen LogP) is 6.10. The number of carbonyl (C=O) groups is 1. The molecule has 0 radical (unpaired) electrons. The Morgan fingerprint density at radius 3 is 2.52 bits per heavy atom. The number of hydrogen-bond acceptors (Lipinski definition) is 4. The summed E-state index contributed by atoms with van der Waals surface area (Å²) in [4.78, 5) is 18.8. The third-order valence-electron chi connectivity index (χ3n) is 4.39. The first-order valence-electron chi connectivity index (χ1n) is 9.32. The zero-order chi connectivity index (χ0) is 19.1. The van der Waals surface area contributed by atoms with Crippen molar-refractivity contribution in [3.05, 3.63) is 60.0 Å². The van der Waals surface area contributed by atoms with Crippen molar-refractivity contribution < 1.29 is 4.79 Å². The molecule has 2 aromatic carbocycles. The maximum absolute atomic E-state index is 11.9. The second-order valence-electron chi connectivity index (χ2n) is 6.49. The van der Waals surface area contributed by atoms with Gasteiger partial charge in [0.2, 0.25) is 5.91 Å². The van der Waals surface area contributed by atoms with E-state index in [1.165, 1.54) is 0 Å². The number of unbranched alkanes of at least 4 members (excludes halogenated alkanes) is 2. The van der Waals surface area contributed by atoms with Gasteiger partial charge in [-0.15, -0.1) is 11.3 Å². The highest BCUT2D eigenvalue weighted by Crippen LogP contribution is 2.31. The highest BCUT2D eigenvalue weighted by molar-refractivity contribution is 7.14. The van der Waals surface area contributed by atoms with Gasteiger partial charge in [-0.2, -0.15) is 0 Å². The van der Waals surface area contributed by atoms with E-state index < -0.39 is 0 Å². The molecule has 1 amide bonds. The summed E-state index contributed by atoms with van der Waals surface area (Å²) in [6.45, 7) is 2.14. The van der Waals surface area contributed by atoms with Crippen molar-refractivity contribution in [3.8, 4) is 11.3 Å². The molecule has 0 aliphatic rings. The fourth-order valence-electron chi connectivity index (χ4n) is 2.80. The van der Waals surface area contributed by atoms with E-state index >= 15 is 0 Å². The first kappa shape index (κ1) is 19.1. The van der Waals surface area contributed by atoms with Crippen molar-refractivity contribution in [1.29, 1.82) is 0 Å². The number of hydrogen-bond donors (Lipinski definition) is 1. The summed E-state index contributed by atoms with van der Waals surface area (Å²) in [5.74, 6) is 0.0802. The minimum Gasteiger partial charge on any atom is -0.326 e. The van der Waals surface area contributed by atoms with E-state index in [9.17, 15) is 4.79 Å². The molecule has 1 aromatic heterocycles. The summed E-state index contributed by atoms with van der Waals surface area (Å²) in [5, 5.41) is 5.97. The van der Waals surface area contributed by atoms with Crippen LogP contribution in [0.2, 0.25) is 0 Å². The van der Waals surface area contributed by atoms with Gasteiger partial charge in [-0.25, -0.2) is 4.98 Å². The van der Waals surface area contributed by atoms with E-state index in [0.29, 0.717) is 6.42 Å².